The van der Waals surface area contributed by atoms with E-state index in [1.54, 1.807) is 0 Å². The summed E-state index contributed by atoms with van der Waals surface area (Å²) >= 11 is 0. The van der Waals surface area contributed by atoms with Gasteiger partial charge in [0.15, 0.2) is 6.20 Å². The maximum Gasteiger partial charge on any atom is 0.295 e. The van der Waals surface area contributed by atoms with Crippen molar-refractivity contribution in [1.29, 1.82) is 5.26 Å². The Hall–Kier alpha value is -3.72. The van der Waals surface area contributed by atoms with Gasteiger partial charge in [-0.25, -0.2) is 4.57 Å². The zero-order valence-corrected chi connectivity index (χ0v) is 21.4. The van der Waals surface area contributed by atoms with E-state index in [4.69, 9.17) is 0 Å². The average Bonchev–Trinajstić information content (AvgIpc) is 3.31. The number of aromatic nitrogens is 5. The van der Waals surface area contributed by atoms with E-state index < -0.39 is 0 Å². The van der Waals surface area contributed by atoms with Crippen LogP contribution < -0.4 is 4.57 Å². The second-order valence-corrected chi connectivity index (χ2v) is 9.61. The minimum atomic E-state index is 0.271. The fourth-order valence-electron chi connectivity index (χ4n) is 4.75. The lowest BCUT2D eigenvalue weighted by Crippen LogP contribution is -2.33. The third kappa shape index (κ3) is 3.81. The summed E-state index contributed by atoms with van der Waals surface area (Å²) in [7, 11) is 1.97. The standard InChI is InChI=1S/C28H33N6/c1-17(2)25-13-22(34-20(6)30-31-21(34)7)14-26(18(3)4)27(25)33-16-23(15-29)32(8)28(33)24-12-10-9-11-19(24)5/h9-14,16-18H,1-8H3/q+1. The van der Waals surface area contributed by atoms with Gasteiger partial charge in [0.25, 0.3) is 5.82 Å². The molecule has 0 aliphatic heterocycles. The molecule has 0 saturated carbocycles. The van der Waals surface area contributed by atoms with E-state index in [9.17, 15) is 5.26 Å². The number of imidazole rings is 1. The SMILES string of the molecule is Cc1ccccc1-c1n(-c2c(C(C)C)cc(-n3c(C)nnc3C)cc2C(C)C)cc(C#N)[n+]1C. The van der Waals surface area contributed by atoms with E-state index in [1.807, 2.05) is 31.7 Å². The van der Waals surface area contributed by atoms with Crippen LogP contribution in [0.4, 0.5) is 0 Å². The van der Waals surface area contributed by atoms with E-state index in [2.05, 4.69) is 96.4 Å². The Morgan fingerprint density at radius 1 is 0.912 bits per heavy atom. The summed E-state index contributed by atoms with van der Waals surface area (Å²) in [5.74, 6) is 3.28. The Morgan fingerprint density at radius 3 is 1.97 bits per heavy atom. The first kappa shape index (κ1) is 23.4. The molecule has 0 aliphatic rings. The minimum absolute atomic E-state index is 0.271. The molecule has 0 spiro atoms. The summed E-state index contributed by atoms with van der Waals surface area (Å²) in [5, 5.41) is 18.5. The molecule has 0 radical (unpaired) electrons. The van der Waals surface area contributed by atoms with Gasteiger partial charge in [-0.3, -0.25) is 4.57 Å². The molecule has 2 aromatic carbocycles. The molecule has 4 rings (SSSR count). The van der Waals surface area contributed by atoms with Crippen molar-refractivity contribution in [3.05, 3.63) is 76.6 Å². The van der Waals surface area contributed by atoms with Crippen molar-refractivity contribution < 1.29 is 4.57 Å². The number of aryl methyl sites for hydroxylation is 3. The second-order valence-electron chi connectivity index (χ2n) is 9.61. The van der Waals surface area contributed by atoms with Crippen LogP contribution in [0.25, 0.3) is 22.8 Å². The smallest absolute Gasteiger partial charge is 0.283 e. The number of benzene rings is 2. The molecule has 0 unspecified atom stereocenters. The first-order chi connectivity index (χ1) is 16.1. The maximum absolute atomic E-state index is 9.91. The molecule has 34 heavy (non-hydrogen) atoms. The third-order valence-electron chi connectivity index (χ3n) is 6.54. The fourth-order valence-corrected chi connectivity index (χ4v) is 4.75. The van der Waals surface area contributed by atoms with E-state index in [0.717, 1.165) is 34.4 Å². The van der Waals surface area contributed by atoms with Crippen molar-refractivity contribution in [3.63, 3.8) is 0 Å². The normalized spacial score (nSPS) is 11.4. The lowest BCUT2D eigenvalue weighted by molar-refractivity contribution is -0.661. The van der Waals surface area contributed by atoms with Crippen molar-refractivity contribution in [2.24, 2.45) is 7.05 Å². The second kappa shape index (κ2) is 8.90. The maximum atomic E-state index is 9.91. The molecule has 0 amide bonds. The quantitative estimate of drug-likeness (QED) is 0.370. The van der Waals surface area contributed by atoms with Gasteiger partial charge >= 0.3 is 0 Å². The lowest BCUT2D eigenvalue weighted by atomic mass is 9.91. The molecule has 0 aliphatic carbocycles. The zero-order valence-electron chi connectivity index (χ0n) is 21.4. The molecule has 2 aromatic heterocycles. The largest absolute Gasteiger partial charge is 0.295 e. The van der Waals surface area contributed by atoms with Gasteiger partial charge in [0.05, 0.1) is 12.6 Å². The Morgan fingerprint density at radius 2 is 1.47 bits per heavy atom. The summed E-state index contributed by atoms with van der Waals surface area (Å²) in [6.07, 6.45) is 1.98. The van der Waals surface area contributed by atoms with Crippen LogP contribution in [0.2, 0.25) is 0 Å². The first-order valence-electron chi connectivity index (χ1n) is 11.8. The number of rotatable bonds is 5. The highest BCUT2D eigenvalue weighted by atomic mass is 15.3. The molecular formula is C28H33N6+. The van der Waals surface area contributed by atoms with Gasteiger partial charge < -0.3 is 0 Å². The van der Waals surface area contributed by atoms with Crippen LogP contribution in [0, 0.1) is 32.1 Å². The number of nitriles is 1. The fraction of sp³-hybridized carbons (Fsp3) is 0.357. The summed E-state index contributed by atoms with van der Waals surface area (Å²) in [4.78, 5) is 0. The minimum Gasteiger partial charge on any atom is -0.283 e. The van der Waals surface area contributed by atoms with E-state index >= 15 is 0 Å². The van der Waals surface area contributed by atoms with E-state index in [1.165, 1.54) is 16.7 Å². The van der Waals surface area contributed by atoms with Gasteiger partial charge in [0.2, 0.25) is 5.69 Å². The van der Waals surface area contributed by atoms with Crippen LogP contribution in [0.3, 0.4) is 0 Å². The van der Waals surface area contributed by atoms with Gasteiger partial charge in [0.1, 0.15) is 23.4 Å². The summed E-state index contributed by atoms with van der Waals surface area (Å²) < 4.78 is 6.33. The van der Waals surface area contributed by atoms with Crippen LogP contribution in [0.1, 0.15) is 73.6 Å². The van der Waals surface area contributed by atoms with Gasteiger partial charge in [0, 0.05) is 16.8 Å². The summed E-state index contributed by atoms with van der Waals surface area (Å²) in [6, 6.07) is 15.2. The van der Waals surface area contributed by atoms with Crippen molar-refractivity contribution in [3.8, 4) is 28.8 Å². The summed E-state index contributed by atoms with van der Waals surface area (Å²) in [5.41, 5.74) is 7.58. The molecule has 174 valence electrons. The highest BCUT2D eigenvalue weighted by Gasteiger charge is 2.30. The van der Waals surface area contributed by atoms with Crippen molar-refractivity contribution >= 4 is 0 Å². The Bertz CT molecular complexity index is 1360. The highest BCUT2D eigenvalue weighted by Crippen LogP contribution is 2.37. The molecule has 6 heteroatoms. The lowest BCUT2D eigenvalue weighted by Gasteiger charge is -2.21. The number of nitrogens with zero attached hydrogens (tertiary/aromatic N) is 6. The molecule has 0 N–H and O–H groups in total. The van der Waals surface area contributed by atoms with Crippen LogP contribution in [0.5, 0.6) is 0 Å². The summed E-state index contributed by atoms with van der Waals surface area (Å²) in [6.45, 7) is 15.0. The Kier molecular flexibility index (Phi) is 6.14. The highest BCUT2D eigenvalue weighted by molar-refractivity contribution is 5.65. The van der Waals surface area contributed by atoms with Crippen LogP contribution in [-0.2, 0) is 7.05 Å². The first-order valence-corrected chi connectivity index (χ1v) is 11.8. The van der Waals surface area contributed by atoms with Crippen molar-refractivity contribution in [2.45, 2.75) is 60.3 Å². The molecule has 0 fully saturated rings. The van der Waals surface area contributed by atoms with Gasteiger partial charge in [-0.15, -0.1) is 10.2 Å². The van der Waals surface area contributed by atoms with Gasteiger partial charge in [-0.05, 0) is 56.4 Å². The molecule has 2 heterocycles. The van der Waals surface area contributed by atoms with Crippen LogP contribution >= 0.6 is 0 Å². The van der Waals surface area contributed by atoms with E-state index in [-0.39, 0.29) is 11.8 Å². The number of hydrogen-bond donors (Lipinski definition) is 0. The van der Waals surface area contributed by atoms with Crippen LogP contribution in [-0.4, -0.2) is 19.3 Å². The van der Waals surface area contributed by atoms with Gasteiger partial charge in [-0.1, -0.05) is 45.9 Å². The molecule has 0 atom stereocenters. The number of hydrogen-bond acceptors (Lipinski definition) is 3. The molecular weight excluding hydrogens is 420 g/mol. The van der Waals surface area contributed by atoms with Crippen LogP contribution in [0.15, 0.2) is 42.6 Å². The molecule has 0 bridgehead atoms. The van der Waals surface area contributed by atoms with Crippen molar-refractivity contribution in [2.75, 3.05) is 0 Å². The average molecular weight is 454 g/mol. The third-order valence-corrected chi connectivity index (χ3v) is 6.54. The monoisotopic (exact) mass is 453 g/mol. The molecule has 0 saturated heterocycles. The van der Waals surface area contributed by atoms with E-state index in [0.29, 0.717) is 5.69 Å². The Balaban J connectivity index is 2.12. The Labute approximate surface area is 202 Å². The molecule has 4 aromatic rings. The molecule has 6 nitrogen and oxygen atoms in total. The predicted molar refractivity (Wildman–Crippen MR) is 134 cm³/mol. The van der Waals surface area contributed by atoms with Gasteiger partial charge in [-0.2, -0.15) is 9.83 Å². The van der Waals surface area contributed by atoms with Crippen molar-refractivity contribution in [1.82, 2.24) is 19.3 Å². The predicted octanol–water partition coefficient (Wildman–Crippen LogP) is 5.59. The zero-order chi connectivity index (χ0) is 24.7. The topological polar surface area (TPSA) is 63.3 Å².